The van der Waals surface area contributed by atoms with Crippen LogP contribution in [0.3, 0.4) is 0 Å². The highest BCUT2D eigenvalue weighted by Crippen LogP contribution is 2.27. The van der Waals surface area contributed by atoms with Crippen LogP contribution in [0.2, 0.25) is 0 Å². The zero-order valence-electron chi connectivity index (χ0n) is 16.4. The lowest BCUT2D eigenvalue weighted by Crippen LogP contribution is -2.24. The Labute approximate surface area is 176 Å². The molecule has 0 atom stereocenters. The summed E-state index contributed by atoms with van der Waals surface area (Å²) in [6.45, 7) is 2.98. The van der Waals surface area contributed by atoms with E-state index in [1.54, 1.807) is 6.92 Å². The number of nitrogens with one attached hydrogen (secondary N) is 2. The van der Waals surface area contributed by atoms with Crippen LogP contribution in [0.25, 0.3) is 10.2 Å². The number of carbonyl (C=O) groups is 1. The third-order valence-corrected chi connectivity index (χ3v) is 6.55. The Hall–Kier alpha value is -3.33. The first-order chi connectivity index (χ1) is 14.6. The van der Waals surface area contributed by atoms with Crippen LogP contribution in [-0.2, 0) is 25.9 Å². The van der Waals surface area contributed by atoms with Crippen molar-refractivity contribution in [3.05, 3.63) is 74.2 Å². The molecule has 1 aliphatic rings. The molecule has 0 unspecified atom stereocenters. The number of thiophene rings is 1. The molecular weight excluding hydrogens is 400 g/mol. The summed E-state index contributed by atoms with van der Waals surface area (Å²) in [5.41, 5.74) is 1.50. The van der Waals surface area contributed by atoms with Crippen molar-refractivity contribution in [3.8, 4) is 0 Å². The van der Waals surface area contributed by atoms with Crippen molar-refractivity contribution in [2.24, 2.45) is 0 Å². The van der Waals surface area contributed by atoms with E-state index in [0.717, 1.165) is 36.6 Å². The summed E-state index contributed by atoms with van der Waals surface area (Å²) in [5, 5.41) is 11.7. The summed E-state index contributed by atoms with van der Waals surface area (Å²) < 4.78 is 2.06. The molecule has 1 aliphatic heterocycles. The number of H-pyrrole nitrogens is 1. The Morgan fingerprint density at radius 3 is 2.93 bits per heavy atom. The van der Waals surface area contributed by atoms with E-state index < -0.39 is 0 Å². The van der Waals surface area contributed by atoms with E-state index in [-0.39, 0.29) is 11.5 Å². The summed E-state index contributed by atoms with van der Waals surface area (Å²) in [5.74, 6) is 2.09. The number of aryl methyl sites for hydroxylation is 2. The van der Waals surface area contributed by atoms with Crippen molar-refractivity contribution in [2.45, 2.75) is 39.3 Å². The number of carbonyl (C=O) groups excluding carboxylic acids is 1. The molecule has 0 aliphatic carbocycles. The van der Waals surface area contributed by atoms with Gasteiger partial charge in [-0.3, -0.25) is 9.59 Å². The van der Waals surface area contributed by atoms with Gasteiger partial charge < -0.3 is 14.9 Å². The minimum absolute atomic E-state index is 0.214. The molecule has 4 aromatic rings. The molecule has 2 N–H and O–H groups in total. The van der Waals surface area contributed by atoms with Gasteiger partial charge in [0.15, 0.2) is 5.82 Å². The molecular formula is C21H20N6O2S. The van der Waals surface area contributed by atoms with Crippen LogP contribution >= 0.6 is 11.3 Å². The summed E-state index contributed by atoms with van der Waals surface area (Å²) >= 11 is 1.25. The molecule has 9 heteroatoms. The Morgan fingerprint density at radius 2 is 2.10 bits per heavy atom. The number of amides is 1. The lowest BCUT2D eigenvalue weighted by molar-refractivity contribution is 0.0953. The minimum Gasteiger partial charge on any atom is -0.344 e. The van der Waals surface area contributed by atoms with E-state index in [0.29, 0.717) is 39.4 Å². The maximum absolute atomic E-state index is 12.8. The molecule has 0 bridgehead atoms. The predicted octanol–water partition coefficient (Wildman–Crippen LogP) is 2.35. The van der Waals surface area contributed by atoms with E-state index >= 15 is 0 Å². The highest BCUT2D eigenvalue weighted by molar-refractivity contribution is 7.20. The first-order valence-electron chi connectivity index (χ1n) is 9.85. The van der Waals surface area contributed by atoms with Crippen LogP contribution in [0.5, 0.6) is 0 Å². The van der Waals surface area contributed by atoms with E-state index in [1.165, 1.54) is 11.3 Å². The lowest BCUT2D eigenvalue weighted by atomic mass is 10.1. The Morgan fingerprint density at radius 1 is 1.27 bits per heavy atom. The van der Waals surface area contributed by atoms with Gasteiger partial charge in [-0.25, -0.2) is 4.98 Å². The molecule has 5 rings (SSSR count). The molecule has 30 heavy (non-hydrogen) atoms. The van der Waals surface area contributed by atoms with Crippen LogP contribution in [-0.4, -0.2) is 30.6 Å². The number of hydrogen-bond acceptors (Lipinski definition) is 6. The fourth-order valence-electron chi connectivity index (χ4n) is 3.86. The molecule has 1 amide bonds. The van der Waals surface area contributed by atoms with Gasteiger partial charge >= 0.3 is 0 Å². The van der Waals surface area contributed by atoms with Crippen LogP contribution in [0.1, 0.15) is 44.7 Å². The number of nitrogens with zero attached hydrogens (tertiary/aromatic N) is 4. The normalized spacial score (nSPS) is 13.0. The largest absolute Gasteiger partial charge is 0.344 e. The zero-order valence-corrected chi connectivity index (χ0v) is 17.3. The van der Waals surface area contributed by atoms with Crippen LogP contribution in [0, 0.1) is 6.92 Å². The molecule has 0 radical (unpaired) electrons. The second kappa shape index (κ2) is 7.49. The Kier molecular flexibility index (Phi) is 4.66. The van der Waals surface area contributed by atoms with Crippen LogP contribution in [0.4, 0.5) is 0 Å². The molecule has 8 nitrogen and oxygen atoms in total. The van der Waals surface area contributed by atoms with E-state index in [2.05, 4.69) is 30.0 Å². The topological polar surface area (TPSA) is 106 Å². The van der Waals surface area contributed by atoms with Gasteiger partial charge in [0.25, 0.3) is 11.5 Å². The molecule has 0 spiro atoms. The minimum atomic E-state index is -0.227. The third kappa shape index (κ3) is 3.30. The monoisotopic (exact) mass is 420 g/mol. The number of hydrogen-bond donors (Lipinski definition) is 2. The van der Waals surface area contributed by atoms with E-state index in [4.69, 9.17) is 0 Å². The molecule has 0 saturated carbocycles. The smallest absolute Gasteiger partial charge is 0.262 e. The predicted molar refractivity (Wildman–Crippen MR) is 114 cm³/mol. The quantitative estimate of drug-likeness (QED) is 0.516. The molecule has 4 heterocycles. The van der Waals surface area contributed by atoms with Crippen molar-refractivity contribution >= 4 is 27.5 Å². The fraction of sp³-hybridized carbons (Fsp3) is 0.286. The number of rotatable bonds is 5. The Bertz CT molecular complexity index is 1300. The number of fused-ring (bicyclic) bond motifs is 2. The first kappa shape index (κ1) is 18.7. The van der Waals surface area contributed by atoms with Gasteiger partial charge in [0, 0.05) is 19.4 Å². The second-order valence-electron chi connectivity index (χ2n) is 7.38. The zero-order chi connectivity index (χ0) is 20.7. The van der Waals surface area contributed by atoms with E-state index in [1.807, 2.05) is 30.3 Å². The van der Waals surface area contributed by atoms with Crippen LogP contribution in [0.15, 0.2) is 35.1 Å². The number of aromatic nitrogens is 5. The maximum atomic E-state index is 12.8. The van der Waals surface area contributed by atoms with Gasteiger partial charge in [-0.05, 0) is 24.5 Å². The molecule has 3 aromatic heterocycles. The highest BCUT2D eigenvalue weighted by Gasteiger charge is 2.21. The third-order valence-electron chi connectivity index (χ3n) is 5.36. The van der Waals surface area contributed by atoms with Gasteiger partial charge in [0.1, 0.15) is 16.5 Å². The summed E-state index contributed by atoms with van der Waals surface area (Å²) in [6, 6.07) is 9.83. The fourth-order valence-corrected chi connectivity index (χ4v) is 4.98. The molecule has 0 saturated heterocycles. The number of aromatic amines is 1. The maximum Gasteiger partial charge on any atom is 0.262 e. The summed E-state index contributed by atoms with van der Waals surface area (Å²) in [4.78, 5) is 34.0. The van der Waals surface area contributed by atoms with Gasteiger partial charge in [-0.1, -0.05) is 30.3 Å². The number of benzene rings is 1. The summed E-state index contributed by atoms with van der Waals surface area (Å²) in [7, 11) is 0. The van der Waals surface area contributed by atoms with Gasteiger partial charge in [-0.2, -0.15) is 0 Å². The average molecular weight is 420 g/mol. The highest BCUT2D eigenvalue weighted by atomic mass is 32.1. The average Bonchev–Trinajstić information content (AvgIpc) is 3.42. The van der Waals surface area contributed by atoms with Crippen molar-refractivity contribution < 1.29 is 4.79 Å². The van der Waals surface area contributed by atoms with Crippen molar-refractivity contribution in [3.63, 3.8) is 0 Å². The molecule has 1 aromatic carbocycles. The summed E-state index contributed by atoms with van der Waals surface area (Å²) in [6.07, 6.45) is 2.51. The van der Waals surface area contributed by atoms with Crippen molar-refractivity contribution in [1.29, 1.82) is 0 Å². The van der Waals surface area contributed by atoms with E-state index in [9.17, 15) is 9.59 Å². The van der Waals surface area contributed by atoms with Gasteiger partial charge in [0.2, 0.25) is 0 Å². The van der Waals surface area contributed by atoms with Gasteiger partial charge in [0.05, 0.1) is 16.8 Å². The second-order valence-corrected chi connectivity index (χ2v) is 8.38. The standard InChI is InChI=1S/C21H20N6O2S/c1-12-17-19(28)23-14(10-13-6-3-2-4-7-13)24-21(17)30-18(12)20(29)22-11-16-26-25-15-8-5-9-27(15)16/h2-4,6-7H,5,8-11H2,1H3,(H,22,29)(H,23,24,28). The SMILES string of the molecule is Cc1c(C(=O)NCc2nnc3n2CCC3)sc2nc(Cc3ccccc3)[nH]c(=O)c12. The molecule has 152 valence electrons. The van der Waals surface area contributed by atoms with Gasteiger partial charge in [-0.15, -0.1) is 21.5 Å². The van der Waals surface area contributed by atoms with Crippen LogP contribution < -0.4 is 10.9 Å². The Balaban J connectivity index is 1.40. The van der Waals surface area contributed by atoms with Crippen molar-refractivity contribution in [2.75, 3.05) is 0 Å². The molecule has 0 fully saturated rings. The van der Waals surface area contributed by atoms with Crippen molar-refractivity contribution in [1.82, 2.24) is 30.0 Å². The lowest BCUT2D eigenvalue weighted by Gasteiger charge is -2.05. The first-order valence-corrected chi connectivity index (χ1v) is 10.7.